The Morgan fingerprint density at radius 3 is 2.11 bits per heavy atom. The van der Waals surface area contributed by atoms with Crippen LogP contribution in [0, 0.1) is 6.92 Å². The summed E-state index contributed by atoms with van der Waals surface area (Å²) in [6, 6.07) is 29.8. The molecule has 0 saturated carbocycles. The van der Waals surface area contributed by atoms with Crippen LogP contribution in [0.15, 0.2) is 108 Å². The zero-order chi connectivity index (χ0) is 27.0. The van der Waals surface area contributed by atoms with Gasteiger partial charge in [0.25, 0.3) is 0 Å². The summed E-state index contributed by atoms with van der Waals surface area (Å²) in [5, 5.41) is 2.82. The molecule has 0 bridgehead atoms. The Kier molecular flexibility index (Phi) is 8.78. The van der Waals surface area contributed by atoms with Crippen LogP contribution < -0.4 is 19.5 Å². The number of methoxy groups -OCH3 is 1. The molecule has 0 saturated heterocycles. The van der Waals surface area contributed by atoms with Crippen LogP contribution in [0.2, 0.25) is 0 Å². The number of aryl methyl sites for hydroxylation is 1. The van der Waals surface area contributed by atoms with Crippen molar-refractivity contribution in [1.82, 2.24) is 4.72 Å². The van der Waals surface area contributed by atoms with Crippen LogP contribution in [0.25, 0.3) is 0 Å². The molecule has 38 heavy (non-hydrogen) atoms. The molecule has 7 nitrogen and oxygen atoms in total. The summed E-state index contributed by atoms with van der Waals surface area (Å²) in [7, 11) is -2.67. The van der Waals surface area contributed by atoms with Gasteiger partial charge in [0.05, 0.1) is 7.11 Å². The first-order chi connectivity index (χ1) is 18.3. The van der Waals surface area contributed by atoms with Gasteiger partial charge >= 0.3 is 0 Å². The highest BCUT2D eigenvalue weighted by molar-refractivity contribution is 7.89. The average Bonchev–Trinajstić information content (AvgIpc) is 2.93. The van der Waals surface area contributed by atoms with Gasteiger partial charge in [-0.1, -0.05) is 66.7 Å². The Hall–Kier alpha value is -4.14. The van der Waals surface area contributed by atoms with Gasteiger partial charge in [-0.15, -0.1) is 0 Å². The van der Waals surface area contributed by atoms with E-state index in [9.17, 15) is 13.2 Å². The molecule has 2 N–H and O–H groups in total. The fraction of sp³-hybridized carbons (Fsp3) is 0.167. The molecule has 0 fully saturated rings. The van der Waals surface area contributed by atoms with Crippen LogP contribution >= 0.6 is 0 Å². The standard InChI is InChI=1S/C30H30N2O5S/c1-22-13-18-28(36-2)29(19-22)38(34,35)32-27(20-23-9-5-3-6-10-23)30(33)31-25-14-16-26(17-15-25)37-21-24-11-7-4-8-12-24/h3-19,27,32H,20-21H2,1-2H3,(H,31,33)/t27-/m0/s1. The van der Waals surface area contributed by atoms with E-state index >= 15 is 0 Å². The van der Waals surface area contributed by atoms with Crippen LogP contribution in [0.3, 0.4) is 0 Å². The highest BCUT2D eigenvalue weighted by atomic mass is 32.2. The quantitative estimate of drug-likeness (QED) is 0.281. The predicted molar refractivity (Wildman–Crippen MR) is 148 cm³/mol. The molecule has 0 spiro atoms. The number of hydrogen-bond acceptors (Lipinski definition) is 5. The van der Waals surface area contributed by atoms with Gasteiger partial charge in [0.15, 0.2) is 0 Å². The third kappa shape index (κ3) is 7.21. The molecule has 8 heteroatoms. The number of benzene rings is 4. The number of carbonyl (C=O) groups excluding carboxylic acids is 1. The lowest BCUT2D eigenvalue weighted by Gasteiger charge is -2.20. The van der Waals surface area contributed by atoms with Crippen molar-refractivity contribution in [2.75, 3.05) is 12.4 Å². The van der Waals surface area contributed by atoms with Crippen molar-refractivity contribution < 1.29 is 22.7 Å². The molecule has 1 amide bonds. The molecule has 0 radical (unpaired) electrons. The second-order valence-electron chi connectivity index (χ2n) is 8.81. The highest BCUT2D eigenvalue weighted by Gasteiger charge is 2.28. The topological polar surface area (TPSA) is 93.7 Å². The van der Waals surface area contributed by atoms with E-state index in [2.05, 4.69) is 10.0 Å². The van der Waals surface area contributed by atoms with E-state index in [0.29, 0.717) is 18.0 Å². The summed E-state index contributed by atoms with van der Waals surface area (Å²) in [6.07, 6.45) is 0.165. The summed E-state index contributed by atoms with van der Waals surface area (Å²) in [6.45, 7) is 2.22. The summed E-state index contributed by atoms with van der Waals surface area (Å²) in [5.74, 6) is 0.370. The van der Waals surface area contributed by atoms with Gasteiger partial charge in [-0.2, -0.15) is 4.72 Å². The van der Waals surface area contributed by atoms with E-state index in [1.165, 1.54) is 13.2 Å². The molecule has 0 unspecified atom stereocenters. The maximum absolute atomic E-state index is 13.4. The van der Waals surface area contributed by atoms with Crippen molar-refractivity contribution in [2.24, 2.45) is 0 Å². The molecule has 196 valence electrons. The minimum atomic E-state index is -4.08. The molecule has 0 aromatic heterocycles. The molecule has 4 aromatic rings. The Bertz CT molecular complexity index is 1460. The van der Waals surface area contributed by atoms with Crippen LogP contribution in [-0.2, 0) is 27.8 Å². The maximum Gasteiger partial charge on any atom is 0.245 e. The molecule has 0 heterocycles. The summed E-state index contributed by atoms with van der Waals surface area (Å²) in [4.78, 5) is 13.3. The molecule has 0 aliphatic carbocycles. The van der Waals surface area contributed by atoms with Crippen molar-refractivity contribution in [3.63, 3.8) is 0 Å². The van der Waals surface area contributed by atoms with Crippen LogP contribution in [0.5, 0.6) is 11.5 Å². The van der Waals surface area contributed by atoms with Gasteiger partial charge in [0, 0.05) is 5.69 Å². The molecule has 0 aliphatic heterocycles. The number of nitrogens with one attached hydrogen (secondary N) is 2. The Morgan fingerprint density at radius 1 is 0.842 bits per heavy atom. The zero-order valence-electron chi connectivity index (χ0n) is 21.3. The lowest BCUT2D eigenvalue weighted by Crippen LogP contribution is -2.45. The van der Waals surface area contributed by atoms with E-state index in [1.807, 2.05) is 60.7 Å². The molecular formula is C30H30N2O5S. The molecule has 4 aromatic carbocycles. The van der Waals surface area contributed by atoms with Crippen molar-refractivity contribution in [3.05, 3.63) is 120 Å². The number of amides is 1. The highest BCUT2D eigenvalue weighted by Crippen LogP contribution is 2.25. The van der Waals surface area contributed by atoms with E-state index in [1.54, 1.807) is 43.3 Å². The van der Waals surface area contributed by atoms with Gasteiger partial charge in [-0.05, 0) is 66.4 Å². The van der Waals surface area contributed by atoms with Crippen molar-refractivity contribution in [3.8, 4) is 11.5 Å². The third-order valence-electron chi connectivity index (χ3n) is 5.88. The minimum Gasteiger partial charge on any atom is -0.495 e. The Balaban J connectivity index is 1.50. The predicted octanol–water partition coefficient (Wildman–Crippen LogP) is 5.11. The first-order valence-corrected chi connectivity index (χ1v) is 13.6. The van der Waals surface area contributed by atoms with Crippen LogP contribution in [0.4, 0.5) is 5.69 Å². The van der Waals surface area contributed by atoms with Gasteiger partial charge in [-0.25, -0.2) is 8.42 Å². The second-order valence-corrected chi connectivity index (χ2v) is 10.5. The van der Waals surface area contributed by atoms with Crippen molar-refractivity contribution >= 4 is 21.6 Å². The molecule has 0 aliphatic rings. The normalized spacial score (nSPS) is 11.9. The SMILES string of the molecule is COc1ccc(C)cc1S(=O)(=O)N[C@@H](Cc1ccccc1)C(=O)Nc1ccc(OCc2ccccc2)cc1. The fourth-order valence-electron chi connectivity index (χ4n) is 3.89. The second kappa shape index (κ2) is 12.4. The first-order valence-electron chi connectivity index (χ1n) is 12.1. The van der Waals surface area contributed by atoms with E-state index in [4.69, 9.17) is 9.47 Å². The monoisotopic (exact) mass is 530 g/mol. The first kappa shape index (κ1) is 26.9. The maximum atomic E-state index is 13.4. The largest absolute Gasteiger partial charge is 0.495 e. The molecular weight excluding hydrogens is 500 g/mol. The minimum absolute atomic E-state index is 0.0224. The van der Waals surface area contributed by atoms with Gasteiger partial charge < -0.3 is 14.8 Å². The van der Waals surface area contributed by atoms with Crippen molar-refractivity contribution in [2.45, 2.75) is 30.9 Å². The van der Waals surface area contributed by atoms with Gasteiger partial charge in [-0.3, -0.25) is 4.79 Å². The number of rotatable bonds is 11. The fourth-order valence-corrected chi connectivity index (χ4v) is 5.34. The number of carbonyl (C=O) groups is 1. The number of sulfonamides is 1. The Labute approximate surface area is 223 Å². The van der Waals surface area contributed by atoms with E-state index < -0.39 is 22.0 Å². The summed E-state index contributed by atoms with van der Waals surface area (Å²) in [5.41, 5.74) is 3.14. The Morgan fingerprint density at radius 2 is 1.47 bits per heavy atom. The molecule has 4 rings (SSSR count). The van der Waals surface area contributed by atoms with E-state index in [-0.39, 0.29) is 17.1 Å². The average molecular weight is 531 g/mol. The smallest absolute Gasteiger partial charge is 0.245 e. The number of anilines is 1. The van der Waals surface area contributed by atoms with Crippen molar-refractivity contribution in [1.29, 1.82) is 0 Å². The number of ether oxygens (including phenoxy) is 2. The third-order valence-corrected chi connectivity index (χ3v) is 7.37. The van der Waals surface area contributed by atoms with E-state index in [0.717, 1.165) is 16.7 Å². The van der Waals surface area contributed by atoms with Crippen LogP contribution in [0.1, 0.15) is 16.7 Å². The van der Waals surface area contributed by atoms with Crippen LogP contribution in [-0.4, -0.2) is 27.5 Å². The summed E-state index contributed by atoms with van der Waals surface area (Å²) >= 11 is 0. The van der Waals surface area contributed by atoms with Gasteiger partial charge in [0.2, 0.25) is 15.9 Å². The van der Waals surface area contributed by atoms with Gasteiger partial charge in [0.1, 0.15) is 29.0 Å². The molecule has 1 atom stereocenters. The lowest BCUT2D eigenvalue weighted by atomic mass is 10.1. The lowest BCUT2D eigenvalue weighted by molar-refractivity contribution is -0.117. The number of hydrogen-bond donors (Lipinski definition) is 2. The zero-order valence-corrected chi connectivity index (χ0v) is 22.1. The summed E-state index contributed by atoms with van der Waals surface area (Å²) < 4.78 is 40.4.